The lowest BCUT2D eigenvalue weighted by atomic mass is 10.0. The number of aliphatic carboxylic acids is 1. The highest BCUT2D eigenvalue weighted by Crippen LogP contribution is 2.12. The third-order valence-corrected chi connectivity index (χ3v) is 4.10. The molecule has 2 aromatic carbocycles. The van der Waals surface area contributed by atoms with E-state index in [0.29, 0.717) is 5.02 Å². The van der Waals surface area contributed by atoms with Crippen molar-refractivity contribution in [2.75, 3.05) is 0 Å². The van der Waals surface area contributed by atoms with Gasteiger partial charge in [-0.2, -0.15) is 0 Å². The lowest BCUT2D eigenvalue weighted by Gasteiger charge is -2.17. The number of carbonyl (C=O) groups is 2. The summed E-state index contributed by atoms with van der Waals surface area (Å²) in [5.41, 5.74) is 2.50. The number of carbonyl (C=O) groups excluding carboxylic acids is 1. The van der Waals surface area contributed by atoms with E-state index in [1.54, 1.807) is 38.1 Å². The standard InChI is InChI=1S/C21H24ClNO5/c1-14(2)28-19(20(24)25)11-16-4-3-5-17(10-16)12-23-21(26)27-13-15-6-8-18(22)9-7-15/h3-10,14,19H,11-13H2,1-2H3,(H,23,26)(H,24,25). The third-order valence-electron chi connectivity index (χ3n) is 3.84. The van der Waals surface area contributed by atoms with Crippen LogP contribution in [0.15, 0.2) is 48.5 Å². The fourth-order valence-electron chi connectivity index (χ4n) is 2.56. The second kappa shape index (κ2) is 10.7. The lowest BCUT2D eigenvalue weighted by Crippen LogP contribution is -2.29. The number of carboxylic acid groups (broad SMARTS) is 1. The number of hydrogen-bond donors (Lipinski definition) is 2. The van der Waals surface area contributed by atoms with Crippen LogP contribution in [-0.4, -0.2) is 29.4 Å². The van der Waals surface area contributed by atoms with Gasteiger partial charge in [0.25, 0.3) is 0 Å². The van der Waals surface area contributed by atoms with E-state index >= 15 is 0 Å². The quantitative estimate of drug-likeness (QED) is 0.653. The van der Waals surface area contributed by atoms with Gasteiger partial charge in [-0.05, 0) is 42.7 Å². The van der Waals surface area contributed by atoms with Crippen LogP contribution in [0.4, 0.5) is 4.79 Å². The Labute approximate surface area is 169 Å². The molecular formula is C21H24ClNO5. The van der Waals surface area contributed by atoms with Crippen molar-refractivity contribution in [3.8, 4) is 0 Å². The molecule has 0 bridgehead atoms. The fraction of sp³-hybridized carbons (Fsp3) is 0.333. The second-order valence-electron chi connectivity index (χ2n) is 6.59. The van der Waals surface area contributed by atoms with Crippen molar-refractivity contribution in [1.29, 1.82) is 0 Å². The first-order chi connectivity index (χ1) is 13.3. The van der Waals surface area contributed by atoms with Crippen LogP contribution < -0.4 is 5.32 Å². The highest BCUT2D eigenvalue weighted by molar-refractivity contribution is 6.30. The van der Waals surface area contributed by atoms with Gasteiger partial charge in [0.1, 0.15) is 6.61 Å². The van der Waals surface area contributed by atoms with Crippen molar-refractivity contribution in [1.82, 2.24) is 5.32 Å². The van der Waals surface area contributed by atoms with Crippen LogP contribution in [0.1, 0.15) is 30.5 Å². The highest BCUT2D eigenvalue weighted by Gasteiger charge is 2.20. The highest BCUT2D eigenvalue weighted by atomic mass is 35.5. The Morgan fingerprint density at radius 1 is 1.07 bits per heavy atom. The van der Waals surface area contributed by atoms with Gasteiger partial charge in [-0.25, -0.2) is 9.59 Å². The Morgan fingerprint density at radius 2 is 1.75 bits per heavy atom. The zero-order valence-corrected chi connectivity index (χ0v) is 16.6. The Kier molecular flexibility index (Phi) is 8.29. The minimum atomic E-state index is -0.997. The summed E-state index contributed by atoms with van der Waals surface area (Å²) in [4.78, 5) is 23.2. The first kappa shape index (κ1) is 21.7. The molecule has 0 saturated carbocycles. The van der Waals surface area contributed by atoms with E-state index in [9.17, 15) is 14.7 Å². The van der Waals surface area contributed by atoms with Crippen molar-refractivity contribution in [2.24, 2.45) is 0 Å². The molecule has 2 rings (SSSR count). The molecule has 0 fully saturated rings. The number of halogens is 1. The molecule has 0 aliphatic heterocycles. The number of nitrogens with one attached hydrogen (secondary N) is 1. The number of carboxylic acids is 1. The second-order valence-corrected chi connectivity index (χ2v) is 7.03. The van der Waals surface area contributed by atoms with Crippen LogP contribution in [0.2, 0.25) is 5.02 Å². The van der Waals surface area contributed by atoms with Gasteiger partial charge in [-0.3, -0.25) is 0 Å². The first-order valence-electron chi connectivity index (χ1n) is 8.94. The number of amides is 1. The van der Waals surface area contributed by atoms with E-state index < -0.39 is 18.2 Å². The van der Waals surface area contributed by atoms with Crippen LogP contribution in [-0.2, 0) is 33.8 Å². The average molecular weight is 406 g/mol. The molecule has 0 radical (unpaired) electrons. The summed E-state index contributed by atoms with van der Waals surface area (Å²) >= 11 is 5.82. The van der Waals surface area contributed by atoms with Gasteiger partial charge < -0.3 is 19.9 Å². The summed E-state index contributed by atoms with van der Waals surface area (Å²) in [6.07, 6.45) is -1.37. The van der Waals surface area contributed by atoms with Crippen LogP contribution in [0.5, 0.6) is 0 Å². The van der Waals surface area contributed by atoms with E-state index in [2.05, 4.69) is 5.32 Å². The summed E-state index contributed by atoms with van der Waals surface area (Å²) in [6, 6.07) is 14.4. The summed E-state index contributed by atoms with van der Waals surface area (Å²) in [7, 11) is 0. The molecule has 0 saturated heterocycles. The first-order valence-corrected chi connectivity index (χ1v) is 9.32. The topological polar surface area (TPSA) is 84.9 Å². The fourth-order valence-corrected chi connectivity index (χ4v) is 2.68. The molecule has 6 nitrogen and oxygen atoms in total. The van der Waals surface area contributed by atoms with Gasteiger partial charge in [0.15, 0.2) is 6.10 Å². The van der Waals surface area contributed by atoms with Gasteiger partial charge in [-0.1, -0.05) is 48.0 Å². The molecule has 7 heteroatoms. The summed E-state index contributed by atoms with van der Waals surface area (Å²) in [5, 5.41) is 12.6. The van der Waals surface area contributed by atoms with Crippen LogP contribution in [0, 0.1) is 0 Å². The van der Waals surface area contributed by atoms with Crippen molar-refractivity contribution in [3.63, 3.8) is 0 Å². The normalized spacial score (nSPS) is 11.9. The summed E-state index contributed by atoms with van der Waals surface area (Å²) in [5.74, 6) is -0.997. The molecule has 1 atom stereocenters. The van der Waals surface area contributed by atoms with Gasteiger partial charge >= 0.3 is 12.1 Å². The van der Waals surface area contributed by atoms with E-state index in [1.165, 1.54) is 0 Å². The van der Waals surface area contributed by atoms with E-state index in [4.69, 9.17) is 21.1 Å². The zero-order valence-electron chi connectivity index (χ0n) is 15.9. The predicted octanol–water partition coefficient (Wildman–Crippen LogP) is 4.19. The van der Waals surface area contributed by atoms with Crippen LogP contribution in [0.25, 0.3) is 0 Å². The molecule has 150 valence electrons. The Balaban J connectivity index is 1.85. The number of hydrogen-bond acceptors (Lipinski definition) is 4. The van der Waals surface area contributed by atoms with Crippen molar-refractivity contribution in [2.45, 2.75) is 45.6 Å². The molecule has 28 heavy (non-hydrogen) atoms. The molecule has 0 aliphatic carbocycles. The SMILES string of the molecule is CC(C)OC(Cc1cccc(CNC(=O)OCc2ccc(Cl)cc2)c1)C(=O)O. The third kappa shape index (κ3) is 7.58. The van der Waals surface area contributed by atoms with E-state index in [1.807, 2.05) is 24.3 Å². The minimum Gasteiger partial charge on any atom is -0.479 e. The predicted molar refractivity (Wildman–Crippen MR) is 106 cm³/mol. The molecular weight excluding hydrogens is 382 g/mol. The number of ether oxygens (including phenoxy) is 2. The molecule has 0 spiro atoms. The largest absolute Gasteiger partial charge is 0.479 e. The zero-order chi connectivity index (χ0) is 20.5. The average Bonchev–Trinajstić information content (AvgIpc) is 2.65. The monoisotopic (exact) mass is 405 g/mol. The molecule has 0 aromatic heterocycles. The van der Waals surface area contributed by atoms with Gasteiger partial charge in [-0.15, -0.1) is 0 Å². The molecule has 1 unspecified atom stereocenters. The maximum absolute atomic E-state index is 11.9. The van der Waals surface area contributed by atoms with Gasteiger partial charge in [0, 0.05) is 18.0 Å². The molecule has 2 N–H and O–H groups in total. The van der Waals surface area contributed by atoms with Crippen LogP contribution >= 0.6 is 11.6 Å². The Morgan fingerprint density at radius 3 is 2.39 bits per heavy atom. The van der Waals surface area contributed by atoms with E-state index in [0.717, 1.165) is 16.7 Å². The molecule has 1 amide bonds. The van der Waals surface area contributed by atoms with Gasteiger partial charge in [0.2, 0.25) is 0 Å². The molecule has 0 heterocycles. The Hall–Kier alpha value is -2.57. The number of alkyl carbamates (subject to hydrolysis) is 1. The minimum absolute atomic E-state index is 0.149. The number of rotatable bonds is 9. The lowest BCUT2D eigenvalue weighted by molar-refractivity contribution is -0.153. The summed E-state index contributed by atoms with van der Waals surface area (Å²) in [6.45, 7) is 4.02. The molecule has 2 aromatic rings. The molecule has 0 aliphatic rings. The Bertz CT molecular complexity index is 792. The van der Waals surface area contributed by atoms with Crippen LogP contribution in [0.3, 0.4) is 0 Å². The van der Waals surface area contributed by atoms with E-state index in [-0.39, 0.29) is 25.7 Å². The number of benzene rings is 2. The smallest absolute Gasteiger partial charge is 0.407 e. The maximum Gasteiger partial charge on any atom is 0.407 e. The summed E-state index contributed by atoms with van der Waals surface area (Å²) < 4.78 is 10.6. The maximum atomic E-state index is 11.9. The van der Waals surface area contributed by atoms with Gasteiger partial charge in [0.05, 0.1) is 6.10 Å². The van der Waals surface area contributed by atoms with Crippen molar-refractivity contribution in [3.05, 3.63) is 70.2 Å². The van der Waals surface area contributed by atoms with Crippen molar-refractivity contribution < 1.29 is 24.2 Å². The van der Waals surface area contributed by atoms with Crippen molar-refractivity contribution >= 4 is 23.7 Å².